The van der Waals surface area contributed by atoms with E-state index in [0.717, 1.165) is 38.5 Å². The first-order chi connectivity index (χ1) is 17.6. The SMILES string of the molecule is CCCCCCCCCCCCCCC(CCCCCCCCCCCCCC)(P(=O)(O)O)[AsH](C)(C)C.I.[AsH3]. The molecule has 0 aliphatic carbocycles. The number of hydrogen-bond donors (Lipinski definition) is 2. The van der Waals surface area contributed by atoms with E-state index in [4.69, 9.17) is 0 Å². The molecule has 0 amide bonds. The minimum absolute atomic E-state index is 0. The van der Waals surface area contributed by atoms with Crippen molar-refractivity contribution in [2.45, 2.75) is 202 Å². The van der Waals surface area contributed by atoms with Crippen molar-refractivity contribution < 1.29 is 14.4 Å². The molecule has 0 aliphatic rings. The van der Waals surface area contributed by atoms with Gasteiger partial charge >= 0.3 is 216 Å². The van der Waals surface area contributed by atoms with Crippen molar-refractivity contribution in [3.63, 3.8) is 0 Å². The van der Waals surface area contributed by atoms with Crippen LogP contribution in [0.15, 0.2) is 0 Å². The fourth-order valence-electron chi connectivity index (χ4n) is 6.12. The number of hydrogen-bond acceptors (Lipinski definition) is 1. The zero-order chi connectivity index (χ0) is 27.9. The second kappa shape index (κ2) is 28.7. The first-order valence-electron chi connectivity index (χ1n) is 16.7. The predicted molar refractivity (Wildman–Crippen MR) is 196 cm³/mol. The van der Waals surface area contributed by atoms with Crippen LogP contribution >= 0.6 is 31.6 Å². The van der Waals surface area contributed by atoms with E-state index in [-0.39, 0.29) is 41.9 Å². The zero-order valence-electron chi connectivity index (χ0n) is 27.3. The molecule has 0 rings (SSSR count). The third kappa shape index (κ3) is 23.1. The fourth-order valence-corrected chi connectivity index (χ4v) is 17.3. The van der Waals surface area contributed by atoms with E-state index in [1.807, 2.05) is 0 Å². The van der Waals surface area contributed by atoms with Gasteiger partial charge in [-0.1, -0.05) is 39.5 Å². The molecule has 0 aromatic rings. The Labute approximate surface area is 277 Å². The van der Waals surface area contributed by atoms with Gasteiger partial charge in [0.2, 0.25) is 0 Å². The van der Waals surface area contributed by atoms with Gasteiger partial charge in [-0.25, -0.2) is 0 Å². The molecule has 7 heteroatoms. The Kier molecular flexibility index (Phi) is 33.5. The summed E-state index contributed by atoms with van der Waals surface area (Å²) in [5.41, 5.74) is 6.71. The van der Waals surface area contributed by atoms with E-state index < -0.39 is 25.1 Å². The van der Waals surface area contributed by atoms with Crippen molar-refractivity contribution in [2.75, 3.05) is 0 Å². The second-order valence-electron chi connectivity index (χ2n) is 13.1. The fraction of sp³-hybridized carbons (Fsp3) is 1.00. The molecule has 0 heterocycles. The van der Waals surface area contributed by atoms with Gasteiger partial charge in [-0.15, -0.1) is 24.0 Å². The summed E-state index contributed by atoms with van der Waals surface area (Å²) in [6.45, 7) is 4.54. The van der Waals surface area contributed by atoms with Crippen molar-refractivity contribution in [2.24, 2.45) is 0 Å². The Balaban J connectivity index is -0.00000648. The summed E-state index contributed by atoms with van der Waals surface area (Å²) >= 11 is -2.61. The Morgan fingerprint density at radius 2 is 0.692 bits per heavy atom. The standard InChI is InChI=1S/C32H70AsO3P.AsH3.HI/c1-6-8-10-12-14-16-18-20-22-24-26-28-30-32(33(3,4)5,37(34,35)36)31-29-27-25-23-21-19-17-15-13-11-9-7-2;;/h33H,6-31H2,1-5H3,(H2,34,35,36);1H3;1H. The van der Waals surface area contributed by atoms with Crippen LogP contribution in [0.5, 0.6) is 0 Å². The van der Waals surface area contributed by atoms with Crippen LogP contribution in [-0.4, -0.2) is 45.2 Å². The van der Waals surface area contributed by atoms with Crippen LogP contribution < -0.4 is 0 Å². The molecular weight excluding hydrogens is 740 g/mol. The van der Waals surface area contributed by atoms with E-state index in [1.54, 1.807) is 0 Å². The average Bonchev–Trinajstić information content (AvgIpc) is 2.82. The molecule has 1 unspecified atom stereocenters. The van der Waals surface area contributed by atoms with Crippen LogP contribution in [0.4, 0.5) is 0 Å². The van der Waals surface area contributed by atoms with Gasteiger partial charge in [-0.3, -0.25) is 0 Å². The number of unbranched alkanes of at least 4 members (excludes halogenated alkanes) is 22. The molecule has 0 aromatic carbocycles. The summed E-state index contributed by atoms with van der Waals surface area (Å²) in [6, 6.07) is 0. The topological polar surface area (TPSA) is 57.5 Å². The molecule has 0 spiro atoms. The predicted octanol–water partition coefficient (Wildman–Crippen LogP) is 11.1. The number of rotatable bonds is 28. The van der Waals surface area contributed by atoms with Gasteiger partial charge < -0.3 is 0 Å². The van der Waals surface area contributed by atoms with Gasteiger partial charge in [-0.2, -0.15) is 0 Å². The third-order valence-corrected chi connectivity index (χ3v) is 22.6. The van der Waals surface area contributed by atoms with Gasteiger partial charge in [0.05, 0.1) is 0 Å². The summed E-state index contributed by atoms with van der Waals surface area (Å²) in [4.78, 5) is 21.2. The van der Waals surface area contributed by atoms with E-state index in [2.05, 4.69) is 31.0 Å². The van der Waals surface area contributed by atoms with Crippen molar-refractivity contribution in [1.82, 2.24) is 0 Å². The normalized spacial score (nSPS) is 12.7. The summed E-state index contributed by atoms with van der Waals surface area (Å²) < 4.78 is 12.2. The van der Waals surface area contributed by atoms with Gasteiger partial charge in [0.25, 0.3) is 0 Å². The van der Waals surface area contributed by atoms with E-state index >= 15 is 0 Å². The van der Waals surface area contributed by atoms with E-state index in [9.17, 15) is 14.4 Å². The van der Waals surface area contributed by atoms with Gasteiger partial charge in [0, 0.05) is 0 Å². The molecule has 39 heavy (non-hydrogen) atoms. The monoisotopic (exact) mass is 814 g/mol. The third-order valence-electron chi connectivity index (χ3n) is 8.84. The van der Waals surface area contributed by atoms with Crippen molar-refractivity contribution in [3.05, 3.63) is 0 Å². The molecule has 2 N–H and O–H groups in total. The Morgan fingerprint density at radius 3 is 0.872 bits per heavy atom. The molecular formula is C32H74As2IO3P. The molecule has 242 valence electrons. The van der Waals surface area contributed by atoms with E-state index in [0.29, 0.717) is 0 Å². The zero-order valence-corrected chi connectivity index (χ0v) is 35.5. The first kappa shape index (κ1) is 45.4. The van der Waals surface area contributed by atoms with Crippen LogP contribution in [0, 0.1) is 0 Å². The molecule has 1 atom stereocenters. The molecule has 0 radical (unpaired) electrons. The van der Waals surface area contributed by atoms with Crippen LogP contribution in [0.3, 0.4) is 0 Å². The van der Waals surface area contributed by atoms with Crippen LogP contribution in [0.25, 0.3) is 0 Å². The summed E-state index contributed by atoms with van der Waals surface area (Å²) in [6.07, 6.45) is 32.7. The van der Waals surface area contributed by atoms with Gasteiger partial charge in [0.1, 0.15) is 0 Å². The molecule has 3 nitrogen and oxygen atoms in total. The quantitative estimate of drug-likeness (QED) is 0.0358. The van der Waals surface area contributed by atoms with Crippen LogP contribution in [0.2, 0.25) is 17.1 Å². The van der Waals surface area contributed by atoms with Crippen molar-refractivity contribution >= 4 is 63.1 Å². The summed E-state index contributed by atoms with van der Waals surface area (Å²) in [5.74, 6) is 0. The maximum absolute atomic E-state index is 12.9. The van der Waals surface area contributed by atoms with Crippen molar-refractivity contribution in [1.29, 1.82) is 0 Å². The second-order valence-corrected chi connectivity index (χ2v) is 27.4. The molecule has 0 bridgehead atoms. The number of halogens is 1. The van der Waals surface area contributed by atoms with Crippen molar-refractivity contribution in [3.8, 4) is 0 Å². The van der Waals surface area contributed by atoms with Gasteiger partial charge in [0.15, 0.2) is 0 Å². The molecule has 0 aromatic heterocycles. The molecule has 0 saturated heterocycles. The Bertz CT molecular complexity index is 524. The maximum atomic E-state index is 12.9. The van der Waals surface area contributed by atoms with E-state index in [1.165, 1.54) is 128 Å². The van der Waals surface area contributed by atoms with Crippen LogP contribution in [0.1, 0.15) is 181 Å². The molecule has 0 aliphatic heterocycles. The minimum atomic E-state index is -4.11. The van der Waals surface area contributed by atoms with Gasteiger partial charge in [-0.05, 0) is 0 Å². The molecule has 0 saturated carbocycles. The average molecular weight is 815 g/mol. The summed E-state index contributed by atoms with van der Waals surface area (Å²) in [7, 11) is -4.11. The Morgan fingerprint density at radius 1 is 0.487 bits per heavy atom. The first-order valence-corrected chi connectivity index (χ1v) is 25.6. The molecule has 0 fully saturated rings. The van der Waals surface area contributed by atoms with Crippen LogP contribution in [-0.2, 0) is 4.57 Å². The summed E-state index contributed by atoms with van der Waals surface area (Å²) in [5, 5.41) is 0. The Hall–Kier alpha value is 2.00.